The summed E-state index contributed by atoms with van der Waals surface area (Å²) in [5, 5.41) is 4.22. The van der Waals surface area contributed by atoms with Gasteiger partial charge in [0.25, 0.3) is 0 Å². The highest BCUT2D eigenvalue weighted by atomic mass is 35.5. The minimum atomic E-state index is 0.140. The summed E-state index contributed by atoms with van der Waals surface area (Å²) in [6.07, 6.45) is 2.26. The van der Waals surface area contributed by atoms with Crippen molar-refractivity contribution in [3.8, 4) is 0 Å². The van der Waals surface area contributed by atoms with Crippen LogP contribution >= 0.6 is 11.6 Å². The van der Waals surface area contributed by atoms with Crippen LogP contribution in [-0.2, 0) is 12.0 Å². The predicted molar refractivity (Wildman–Crippen MR) is 79.9 cm³/mol. The third-order valence-electron chi connectivity index (χ3n) is 4.07. The van der Waals surface area contributed by atoms with Gasteiger partial charge in [-0.05, 0) is 37.6 Å². The van der Waals surface area contributed by atoms with Gasteiger partial charge in [0.05, 0.1) is 11.0 Å². The molecular weight excluding hydrogens is 258 g/mol. The molecule has 0 bridgehead atoms. The lowest BCUT2D eigenvalue weighted by Gasteiger charge is -2.23. The maximum absolute atomic E-state index is 6.09. The molecule has 1 aliphatic rings. The summed E-state index contributed by atoms with van der Waals surface area (Å²) < 4.78 is 2.37. The number of aryl methyl sites for hydroxylation is 1. The second kappa shape index (κ2) is 4.80. The molecule has 0 aliphatic carbocycles. The Morgan fingerprint density at radius 3 is 3.00 bits per heavy atom. The third kappa shape index (κ3) is 2.15. The summed E-state index contributed by atoms with van der Waals surface area (Å²) in [4.78, 5) is 4.88. The SMILES string of the molecule is CCCn1c(C2(C)CCNC2)nc2cc(Cl)ccc21. The summed E-state index contributed by atoms with van der Waals surface area (Å²) in [6, 6.07) is 6.02. The molecule has 19 heavy (non-hydrogen) atoms. The number of imidazole rings is 1. The first kappa shape index (κ1) is 12.9. The second-order valence-corrected chi connectivity index (χ2v) is 6.14. The molecule has 1 unspecified atom stereocenters. The quantitative estimate of drug-likeness (QED) is 0.932. The molecule has 3 nitrogen and oxygen atoms in total. The highest BCUT2D eigenvalue weighted by molar-refractivity contribution is 6.31. The van der Waals surface area contributed by atoms with Crippen molar-refractivity contribution in [2.45, 2.75) is 38.6 Å². The van der Waals surface area contributed by atoms with E-state index in [1.54, 1.807) is 0 Å². The average molecular weight is 278 g/mol. The van der Waals surface area contributed by atoms with Crippen LogP contribution in [-0.4, -0.2) is 22.6 Å². The van der Waals surface area contributed by atoms with E-state index in [0.717, 1.165) is 43.0 Å². The molecule has 0 radical (unpaired) electrons. The molecule has 0 saturated carbocycles. The van der Waals surface area contributed by atoms with E-state index >= 15 is 0 Å². The number of hydrogen-bond donors (Lipinski definition) is 1. The zero-order valence-corrected chi connectivity index (χ0v) is 12.3. The highest BCUT2D eigenvalue weighted by Gasteiger charge is 2.35. The largest absolute Gasteiger partial charge is 0.327 e. The molecule has 0 amide bonds. The summed E-state index contributed by atoms with van der Waals surface area (Å²) in [5.41, 5.74) is 2.36. The van der Waals surface area contributed by atoms with E-state index in [9.17, 15) is 0 Å². The van der Waals surface area contributed by atoms with Crippen molar-refractivity contribution in [1.29, 1.82) is 0 Å². The van der Waals surface area contributed by atoms with Crippen LogP contribution in [0.25, 0.3) is 11.0 Å². The third-order valence-corrected chi connectivity index (χ3v) is 4.30. The van der Waals surface area contributed by atoms with E-state index in [4.69, 9.17) is 16.6 Å². The Kier molecular flexibility index (Phi) is 3.27. The van der Waals surface area contributed by atoms with Crippen molar-refractivity contribution in [3.05, 3.63) is 29.0 Å². The zero-order chi connectivity index (χ0) is 13.5. The molecule has 2 aromatic rings. The van der Waals surface area contributed by atoms with Crippen LogP contribution in [0.4, 0.5) is 0 Å². The van der Waals surface area contributed by atoms with Crippen molar-refractivity contribution in [1.82, 2.24) is 14.9 Å². The van der Waals surface area contributed by atoms with Gasteiger partial charge in [-0.25, -0.2) is 4.98 Å². The van der Waals surface area contributed by atoms with Gasteiger partial charge in [0.1, 0.15) is 5.82 Å². The van der Waals surface area contributed by atoms with Crippen molar-refractivity contribution in [2.24, 2.45) is 0 Å². The van der Waals surface area contributed by atoms with Gasteiger partial charge < -0.3 is 9.88 Å². The lowest BCUT2D eigenvalue weighted by Crippen LogP contribution is -2.29. The summed E-state index contributed by atoms with van der Waals surface area (Å²) in [6.45, 7) is 7.62. The maximum Gasteiger partial charge on any atom is 0.117 e. The number of nitrogens with zero attached hydrogens (tertiary/aromatic N) is 2. The smallest absolute Gasteiger partial charge is 0.117 e. The van der Waals surface area contributed by atoms with Gasteiger partial charge in [-0.2, -0.15) is 0 Å². The second-order valence-electron chi connectivity index (χ2n) is 5.71. The van der Waals surface area contributed by atoms with E-state index in [1.807, 2.05) is 12.1 Å². The number of benzene rings is 1. The van der Waals surface area contributed by atoms with E-state index in [2.05, 4.69) is 29.8 Å². The number of aromatic nitrogens is 2. The first-order valence-electron chi connectivity index (χ1n) is 7.01. The molecule has 0 spiro atoms. The number of hydrogen-bond acceptors (Lipinski definition) is 2. The molecule has 2 heterocycles. The average Bonchev–Trinajstić information content (AvgIpc) is 2.95. The number of rotatable bonds is 3. The highest BCUT2D eigenvalue weighted by Crippen LogP contribution is 2.33. The molecule has 1 atom stereocenters. The number of nitrogens with one attached hydrogen (secondary N) is 1. The Balaban J connectivity index is 2.19. The van der Waals surface area contributed by atoms with Crippen molar-refractivity contribution >= 4 is 22.6 Å². The van der Waals surface area contributed by atoms with Crippen LogP contribution in [0.5, 0.6) is 0 Å². The standard InChI is InChI=1S/C15H20ClN3/c1-3-8-19-13-5-4-11(16)9-12(13)18-14(19)15(2)6-7-17-10-15/h4-5,9,17H,3,6-8,10H2,1-2H3. The molecule has 1 N–H and O–H groups in total. The van der Waals surface area contributed by atoms with E-state index in [0.29, 0.717) is 0 Å². The summed E-state index contributed by atoms with van der Waals surface area (Å²) in [7, 11) is 0. The molecule has 1 aliphatic heterocycles. The Hall–Kier alpha value is -1.06. The van der Waals surface area contributed by atoms with Gasteiger partial charge in [0.15, 0.2) is 0 Å². The van der Waals surface area contributed by atoms with Crippen LogP contribution in [0, 0.1) is 0 Å². The van der Waals surface area contributed by atoms with Crippen molar-refractivity contribution in [3.63, 3.8) is 0 Å². The Labute approximate surface area is 119 Å². The van der Waals surface area contributed by atoms with E-state index in [-0.39, 0.29) is 5.41 Å². The van der Waals surface area contributed by atoms with Gasteiger partial charge in [0.2, 0.25) is 0 Å². The van der Waals surface area contributed by atoms with Crippen LogP contribution in [0.2, 0.25) is 5.02 Å². The van der Waals surface area contributed by atoms with Crippen LogP contribution in [0.3, 0.4) is 0 Å². The zero-order valence-electron chi connectivity index (χ0n) is 11.5. The number of fused-ring (bicyclic) bond motifs is 1. The minimum absolute atomic E-state index is 0.140. The molecule has 3 rings (SSSR count). The fourth-order valence-electron chi connectivity index (χ4n) is 3.02. The molecule has 1 aromatic heterocycles. The lowest BCUT2D eigenvalue weighted by atomic mass is 9.89. The Morgan fingerprint density at radius 2 is 2.32 bits per heavy atom. The first-order chi connectivity index (χ1) is 9.14. The summed E-state index contributed by atoms with van der Waals surface area (Å²) in [5.74, 6) is 1.21. The van der Waals surface area contributed by atoms with Crippen LogP contribution < -0.4 is 5.32 Å². The minimum Gasteiger partial charge on any atom is -0.327 e. The molecule has 1 fully saturated rings. The van der Waals surface area contributed by atoms with Crippen LogP contribution in [0.15, 0.2) is 18.2 Å². The van der Waals surface area contributed by atoms with Gasteiger partial charge in [-0.15, -0.1) is 0 Å². The number of halogens is 1. The van der Waals surface area contributed by atoms with Crippen LogP contribution in [0.1, 0.15) is 32.5 Å². The fourth-order valence-corrected chi connectivity index (χ4v) is 3.19. The molecule has 4 heteroatoms. The van der Waals surface area contributed by atoms with E-state index < -0.39 is 0 Å². The Bertz CT molecular complexity index is 597. The molecule has 102 valence electrons. The predicted octanol–water partition coefficient (Wildman–Crippen LogP) is 3.35. The molecule has 1 aromatic carbocycles. The first-order valence-corrected chi connectivity index (χ1v) is 7.39. The van der Waals surface area contributed by atoms with E-state index in [1.165, 1.54) is 11.3 Å². The molecule has 1 saturated heterocycles. The van der Waals surface area contributed by atoms with Gasteiger partial charge in [0, 0.05) is 23.5 Å². The lowest BCUT2D eigenvalue weighted by molar-refractivity contribution is 0.458. The van der Waals surface area contributed by atoms with Gasteiger partial charge >= 0.3 is 0 Å². The summed E-state index contributed by atoms with van der Waals surface area (Å²) >= 11 is 6.09. The Morgan fingerprint density at radius 1 is 1.47 bits per heavy atom. The van der Waals surface area contributed by atoms with Crippen molar-refractivity contribution < 1.29 is 0 Å². The van der Waals surface area contributed by atoms with Gasteiger partial charge in [-0.3, -0.25) is 0 Å². The van der Waals surface area contributed by atoms with Gasteiger partial charge in [-0.1, -0.05) is 25.4 Å². The van der Waals surface area contributed by atoms with Crippen molar-refractivity contribution in [2.75, 3.05) is 13.1 Å². The topological polar surface area (TPSA) is 29.9 Å². The normalized spacial score (nSPS) is 23.3. The fraction of sp³-hybridized carbons (Fsp3) is 0.533. The maximum atomic E-state index is 6.09. The monoisotopic (exact) mass is 277 g/mol. The molecular formula is C15H20ClN3.